The Hall–Kier alpha value is -4.45. The molecule has 20 heteroatoms. The van der Waals surface area contributed by atoms with Gasteiger partial charge in [0.15, 0.2) is 0 Å². The lowest BCUT2D eigenvalue weighted by Gasteiger charge is -2.23. The highest BCUT2D eigenvalue weighted by atomic mass is 31.2. The smallest absolute Gasteiger partial charge is 0.404 e. The number of hydrogen-bond donors (Lipinski definition) is 8. The van der Waals surface area contributed by atoms with E-state index in [1.54, 1.807) is 0 Å². The summed E-state index contributed by atoms with van der Waals surface area (Å²) in [7, 11) is -4.93. The van der Waals surface area contributed by atoms with E-state index >= 15 is 0 Å². The molecule has 0 spiro atoms. The highest BCUT2D eigenvalue weighted by Gasteiger charge is 2.43. The Morgan fingerprint density at radius 2 is 1.52 bits per heavy atom. The Labute approximate surface area is 273 Å². The van der Waals surface area contributed by atoms with E-state index in [-0.39, 0.29) is 17.9 Å². The number of nitrogens with zero attached hydrogens (tertiary/aromatic N) is 1. The molecule has 1 aromatic rings. The molecule has 1 aromatic carbocycles. The van der Waals surface area contributed by atoms with Gasteiger partial charge >= 0.3 is 31.6 Å². The van der Waals surface area contributed by atoms with Crippen molar-refractivity contribution < 1.29 is 72.4 Å². The maximum absolute atomic E-state index is 13.0. The van der Waals surface area contributed by atoms with Crippen molar-refractivity contribution in [3.05, 3.63) is 35.6 Å². The summed E-state index contributed by atoms with van der Waals surface area (Å²) < 4.78 is 30.5. The van der Waals surface area contributed by atoms with Crippen LogP contribution >= 0.6 is 7.75 Å². The molecule has 1 aliphatic rings. The van der Waals surface area contributed by atoms with Crippen LogP contribution in [0.15, 0.2) is 24.3 Å². The number of amides is 3. The van der Waals surface area contributed by atoms with Gasteiger partial charge in [-0.3, -0.25) is 28.5 Å². The second kappa shape index (κ2) is 18.8. The van der Waals surface area contributed by atoms with E-state index in [1.165, 1.54) is 12.1 Å². The van der Waals surface area contributed by atoms with Crippen molar-refractivity contribution in [2.75, 3.05) is 13.1 Å². The molecule has 18 nitrogen and oxygen atoms in total. The van der Waals surface area contributed by atoms with E-state index in [4.69, 9.17) is 9.63 Å². The second-order valence-electron chi connectivity index (χ2n) is 10.9. The Morgan fingerprint density at radius 3 is 2.10 bits per heavy atom. The number of unbranched alkanes of at least 4 members (excludes halogenated alkanes) is 2. The van der Waals surface area contributed by atoms with E-state index < -0.39 is 112 Å². The fraction of sp³-hybridized carbons (Fsp3) is 0.536. The van der Waals surface area contributed by atoms with Crippen molar-refractivity contribution in [3.8, 4) is 0 Å². The van der Waals surface area contributed by atoms with Gasteiger partial charge in [-0.1, -0.05) is 6.42 Å². The highest BCUT2D eigenvalue weighted by Crippen LogP contribution is 2.42. The summed E-state index contributed by atoms with van der Waals surface area (Å²) in [5.41, 5.74) is 0.288. The third-order valence-corrected chi connectivity index (χ3v) is 8.40. The summed E-state index contributed by atoms with van der Waals surface area (Å²) in [6, 6.07) is 0.198. The zero-order chi connectivity index (χ0) is 36.0. The fourth-order valence-corrected chi connectivity index (χ4v) is 6.00. The van der Waals surface area contributed by atoms with Crippen LogP contribution in [0.1, 0.15) is 68.1 Å². The molecule has 8 N–H and O–H groups in total. The minimum atomic E-state index is -4.93. The van der Waals surface area contributed by atoms with Gasteiger partial charge in [-0.15, -0.1) is 0 Å². The molecule has 0 bridgehead atoms. The summed E-state index contributed by atoms with van der Waals surface area (Å²) in [6.45, 7) is -0.219. The first-order valence-corrected chi connectivity index (χ1v) is 16.4. The third kappa shape index (κ3) is 13.7. The zero-order valence-corrected chi connectivity index (χ0v) is 26.5. The molecule has 1 saturated heterocycles. The second-order valence-corrected chi connectivity index (χ2v) is 12.4. The Morgan fingerprint density at radius 1 is 0.896 bits per heavy atom. The van der Waals surface area contributed by atoms with Crippen LogP contribution in [-0.4, -0.2) is 109 Å². The molecule has 1 fully saturated rings. The Kier molecular flexibility index (Phi) is 15.5. The number of carboxylic acids is 4. The summed E-state index contributed by atoms with van der Waals surface area (Å²) in [5.74, 6) is -8.24. The third-order valence-electron chi connectivity index (χ3n) is 7.18. The lowest BCUT2D eigenvalue weighted by molar-refractivity contribution is -0.148. The van der Waals surface area contributed by atoms with Gasteiger partial charge in [-0.25, -0.2) is 23.6 Å². The molecule has 1 aliphatic heterocycles. The molecule has 5 atom stereocenters. The van der Waals surface area contributed by atoms with Crippen LogP contribution in [-0.2, 0) is 37.9 Å². The van der Waals surface area contributed by atoms with Crippen LogP contribution in [0.3, 0.4) is 0 Å². The van der Waals surface area contributed by atoms with Crippen LogP contribution in [0, 0.1) is 5.82 Å². The van der Waals surface area contributed by atoms with Crippen molar-refractivity contribution in [2.45, 2.75) is 82.0 Å². The predicted octanol–water partition coefficient (Wildman–Crippen LogP) is 0.544. The van der Waals surface area contributed by atoms with Gasteiger partial charge in [0.05, 0.1) is 6.10 Å². The van der Waals surface area contributed by atoms with Crippen molar-refractivity contribution in [2.24, 2.45) is 0 Å². The molecule has 0 saturated carbocycles. The van der Waals surface area contributed by atoms with Crippen LogP contribution in [0.25, 0.3) is 0 Å². The predicted molar refractivity (Wildman–Crippen MR) is 160 cm³/mol. The van der Waals surface area contributed by atoms with E-state index in [9.17, 15) is 62.7 Å². The summed E-state index contributed by atoms with van der Waals surface area (Å²) in [4.78, 5) is 93.8. The number of carbonyl (C=O) groups is 7. The topological polar surface area (TPSA) is 286 Å². The largest absolute Gasteiger partial charge is 0.481 e. The summed E-state index contributed by atoms with van der Waals surface area (Å²) in [6.07, 6.45) is -2.62. The average molecular weight is 705 g/mol. The van der Waals surface area contributed by atoms with Gasteiger partial charge < -0.3 is 40.9 Å². The normalized spacial score (nSPS) is 18.2. The van der Waals surface area contributed by atoms with Crippen LogP contribution in [0.5, 0.6) is 0 Å². The molecular formula is C28H38FN4O14P. The van der Waals surface area contributed by atoms with Gasteiger partial charge in [-0.2, -0.15) is 0 Å². The van der Waals surface area contributed by atoms with Crippen molar-refractivity contribution in [3.63, 3.8) is 0 Å². The number of rotatable bonds is 21. The number of likely N-dealkylation sites (tertiary alicyclic amines) is 1. The number of nitrogens with one attached hydrogen (secondary N) is 3. The van der Waals surface area contributed by atoms with Gasteiger partial charge in [0.2, 0.25) is 11.8 Å². The number of halogens is 1. The lowest BCUT2D eigenvalue weighted by Crippen LogP contribution is -2.44. The van der Waals surface area contributed by atoms with Crippen molar-refractivity contribution >= 4 is 49.3 Å². The minimum absolute atomic E-state index is 0.0514. The Balaban J connectivity index is 1.82. The molecular weight excluding hydrogens is 666 g/mol. The summed E-state index contributed by atoms with van der Waals surface area (Å²) >= 11 is 0. The summed E-state index contributed by atoms with van der Waals surface area (Å²) in [5, 5.41) is 43.8. The van der Waals surface area contributed by atoms with Gasteiger partial charge in [-0.05, 0) is 49.9 Å². The zero-order valence-electron chi connectivity index (χ0n) is 25.6. The van der Waals surface area contributed by atoms with E-state index in [0.29, 0.717) is 25.8 Å². The van der Waals surface area contributed by atoms with Gasteiger partial charge in [0.25, 0.3) is 5.91 Å². The molecule has 3 amide bonds. The number of carbonyl (C=O) groups excluding carboxylic acids is 3. The fourth-order valence-electron chi connectivity index (χ4n) is 4.75. The molecule has 1 heterocycles. The molecule has 0 radical (unpaired) electrons. The van der Waals surface area contributed by atoms with Crippen LogP contribution < -0.4 is 15.7 Å². The molecule has 48 heavy (non-hydrogen) atoms. The number of carboxylic acid groups (broad SMARTS) is 4. The van der Waals surface area contributed by atoms with Crippen molar-refractivity contribution in [1.29, 1.82) is 0 Å². The van der Waals surface area contributed by atoms with Gasteiger partial charge in [0.1, 0.15) is 23.9 Å². The average Bonchev–Trinajstić information content (AvgIpc) is 3.42. The first kappa shape index (κ1) is 39.7. The van der Waals surface area contributed by atoms with Crippen molar-refractivity contribution in [1.82, 2.24) is 20.6 Å². The standard InChI is InChI=1S/C28H38FN4O14P/c29-17-7-5-16(6-8-17)25(38)30-13-3-1-2-4-22(34)31-19(26(39)40)9-11-23(35)33-15-18(14-21(33)28(43)44)47-48(45,46)32-20(27(41)42)10-12-24(36)37/h5-8,18-21H,1-4,9-15H2,(H,30,38)(H,31,34)(H,36,37)(H,39,40)(H,41,42)(H,43,44)(H2,32,45,46)/t18-,19+,20+,21+/m1/s1. The maximum Gasteiger partial charge on any atom is 0.404 e. The van der Waals surface area contributed by atoms with E-state index in [0.717, 1.165) is 17.0 Å². The molecule has 1 unspecified atom stereocenters. The highest BCUT2D eigenvalue weighted by molar-refractivity contribution is 7.50. The minimum Gasteiger partial charge on any atom is -0.481 e. The molecule has 266 valence electrons. The maximum atomic E-state index is 13.0. The molecule has 2 rings (SSSR count). The monoisotopic (exact) mass is 704 g/mol. The molecule has 0 aromatic heterocycles. The quantitative estimate of drug-likeness (QED) is 0.0640. The van der Waals surface area contributed by atoms with Gasteiger partial charge in [0, 0.05) is 44.3 Å². The Bertz CT molecular complexity index is 1390. The molecule has 0 aliphatic carbocycles. The lowest BCUT2D eigenvalue weighted by atomic mass is 10.1. The van der Waals surface area contributed by atoms with E-state index in [1.807, 2.05) is 5.09 Å². The number of hydrogen-bond acceptors (Lipinski definition) is 9. The number of aliphatic carboxylic acids is 4. The van der Waals surface area contributed by atoms with E-state index in [2.05, 4.69) is 10.6 Å². The SMILES string of the molecule is O=C(O)CC[C@H](NP(=O)(O)O[C@@H]1C[C@@H](C(=O)O)N(C(=O)CC[C@H](NC(=O)CCCCCNC(=O)c2ccc(F)cc2)C(=O)O)C1)C(=O)O. The first-order valence-electron chi connectivity index (χ1n) is 14.8. The van der Waals surface area contributed by atoms with Crippen LogP contribution in [0.2, 0.25) is 0 Å². The first-order chi connectivity index (χ1) is 22.5. The number of benzene rings is 1. The van der Waals surface area contributed by atoms with Crippen LogP contribution in [0.4, 0.5) is 4.39 Å².